The molecule has 0 radical (unpaired) electrons. The number of urea groups is 1. The van der Waals surface area contributed by atoms with Gasteiger partial charge in [-0.1, -0.05) is 40.0 Å². The van der Waals surface area contributed by atoms with Crippen molar-refractivity contribution in [1.82, 2.24) is 10.6 Å². The van der Waals surface area contributed by atoms with E-state index in [9.17, 15) is 14.7 Å². The van der Waals surface area contributed by atoms with E-state index in [1.807, 2.05) is 6.92 Å². The van der Waals surface area contributed by atoms with Crippen LogP contribution in [0.15, 0.2) is 0 Å². The average molecular weight is 257 g/mol. The van der Waals surface area contributed by atoms with Gasteiger partial charge in [0.05, 0.1) is 12.0 Å². The van der Waals surface area contributed by atoms with Gasteiger partial charge in [-0.3, -0.25) is 0 Å². The summed E-state index contributed by atoms with van der Waals surface area (Å²) in [6.45, 7) is 7.49. The molecule has 0 bridgehead atoms. The Morgan fingerprint density at radius 3 is 2.17 bits per heavy atom. The first kappa shape index (κ1) is 16.7. The second-order valence-corrected chi connectivity index (χ2v) is 5.06. The molecule has 0 aromatic heterocycles. The molecule has 0 aliphatic rings. The summed E-state index contributed by atoms with van der Waals surface area (Å²) in [5.74, 6) is -1.45. The molecule has 18 heavy (non-hydrogen) atoms. The molecule has 2 N–H and O–H groups in total. The zero-order valence-corrected chi connectivity index (χ0v) is 11.8. The van der Waals surface area contributed by atoms with Crippen LogP contribution in [-0.2, 0) is 4.79 Å². The number of nitrogens with one attached hydrogen (secondary N) is 2. The molecule has 0 rings (SSSR count). The maximum absolute atomic E-state index is 11.6. The monoisotopic (exact) mass is 257 g/mol. The summed E-state index contributed by atoms with van der Waals surface area (Å²) < 4.78 is 0. The fraction of sp³-hybridized carbons (Fsp3) is 0.846. The van der Waals surface area contributed by atoms with Gasteiger partial charge in [-0.25, -0.2) is 4.79 Å². The molecule has 5 heteroatoms. The molecule has 5 nitrogen and oxygen atoms in total. The van der Waals surface area contributed by atoms with Crippen molar-refractivity contribution in [3.8, 4) is 0 Å². The van der Waals surface area contributed by atoms with E-state index in [0.717, 1.165) is 25.7 Å². The van der Waals surface area contributed by atoms with Crippen molar-refractivity contribution in [2.24, 2.45) is 5.92 Å². The van der Waals surface area contributed by atoms with Crippen LogP contribution in [0.5, 0.6) is 0 Å². The van der Waals surface area contributed by atoms with Crippen molar-refractivity contribution in [1.29, 1.82) is 0 Å². The van der Waals surface area contributed by atoms with Crippen LogP contribution >= 0.6 is 0 Å². The Morgan fingerprint density at radius 2 is 1.72 bits per heavy atom. The van der Waals surface area contributed by atoms with Crippen LogP contribution in [0.3, 0.4) is 0 Å². The van der Waals surface area contributed by atoms with Crippen molar-refractivity contribution < 1.29 is 14.7 Å². The summed E-state index contributed by atoms with van der Waals surface area (Å²) in [6, 6.07) is -1.35. The topological polar surface area (TPSA) is 81.3 Å². The molecule has 0 saturated carbocycles. The summed E-state index contributed by atoms with van der Waals surface area (Å²) in [6.07, 6.45) is 4.24. The van der Waals surface area contributed by atoms with Crippen molar-refractivity contribution in [2.45, 2.75) is 65.5 Å². The molecule has 106 valence electrons. The molecule has 0 heterocycles. The van der Waals surface area contributed by atoms with E-state index in [0.29, 0.717) is 0 Å². The predicted molar refractivity (Wildman–Crippen MR) is 68.9 cm³/mol. The third kappa shape index (κ3) is 7.14. The summed E-state index contributed by atoms with van der Waals surface area (Å²) >= 11 is 0. The maximum atomic E-state index is 11.6. The first-order valence-corrected chi connectivity index (χ1v) is 6.66. The molecule has 0 aromatic carbocycles. The van der Waals surface area contributed by atoms with Crippen LogP contribution in [0.1, 0.15) is 53.4 Å². The lowest BCUT2D eigenvalue weighted by Crippen LogP contribution is -2.54. The lowest BCUT2D eigenvalue weighted by molar-refractivity contribution is -0.309. The quantitative estimate of drug-likeness (QED) is 0.637. The molecule has 0 unspecified atom stereocenters. The van der Waals surface area contributed by atoms with Crippen LogP contribution in [-0.4, -0.2) is 24.1 Å². The lowest BCUT2D eigenvalue weighted by atomic mass is 10.1. The van der Waals surface area contributed by atoms with Crippen LogP contribution in [0, 0.1) is 5.92 Å². The molecule has 0 aromatic rings. The number of rotatable bonds is 8. The van der Waals surface area contributed by atoms with E-state index in [1.54, 1.807) is 13.8 Å². The van der Waals surface area contributed by atoms with Crippen molar-refractivity contribution in [2.75, 3.05) is 0 Å². The number of hydrogen-bond donors (Lipinski definition) is 2. The number of carbonyl (C=O) groups is 2. The minimum atomic E-state index is -1.25. The highest BCUT2D eigenvalue weighted by molar-refractivity contribution is 5.81. The lowest BCUT2D eigenvalue weighted by Gasteiger charge is -2.24. The van der Waals surface area contributed by atoms with Gasteiger partial charge in [0.2, 0.25) is 0 Å². The van der Waals surface area contributed by atoms with E-state index >= 15 is 0 Å². The van der Waals surface area contributed by atoms with Crippen molar-refractivity contribution >= 4 is 12.0 Å². The zero-order chi connectivity index (χ0) is 14.1. The Hall–Kier alpha value is -1.26. The van der Waals surface area contributed by atoms with Crippen molar-refractivity contribution in [3.63, 3.8) is 0 Å². The average Bonchev–Trinajstić information content (AvgIpc) is 2.25. The first-order valence-electron chi connectivity index (χ1n) is 6.66. The Morgan fingerprint density at radius 1 is 1.11 bits per heavy atom. The van der Waals surface area contributed by atoms with Crippen molar-refractivity contribution in [3.05, 3.63) is 0 Å². The molecular formula is C13H25N2O3-. The second kappa shape index (κ2) is 8.78. The van der Waals surface area contributed by atoms with E-state index in [-0.39, 0.29) is 12.0 Å². The largest absolute Gasteiger partial charge is 0.548 e. The second-order valence-electron chi connectivity index (χ2n) is 5.06. The maximum Gasteiger partial charge on any atom is 0.315 e. The van der Waals surface area contributed by atoms with E-state index in [2.05, 4.69) is 17.6 Å². The molecule has 2 atom stereocenters. The number of unbranched alkanes of at least 4 members (excludes halogenated alkanes) is 2. The van der Waals surface area contributed by atoms with Crippen LogP contribution in [0.25, 0.3) is 0 Å². The summed E-state index contributed by atoms with van der Waals surface area (Å²) in [7, 11) is 0. The summed E-state index contributed by atoms with van der Waals surface area (Å²) in [5.41, 5.74) is 0. The molecule has 0 fully saturated rings. The van der Waals surface area contributed by atoms with Gasteiger partial charge in [0.1, 0.15) is 0 Å². The predicted octanol–water partition coefficient (Wildman–Crippen LogP) is 1.03. The number of carboxylic acids is 1. The number of carboxylic acid groups (broad SMARTS) is 1. The number of hydrogen-bond acceptors (Lipinski definition) is 3. The number of carbonyl (C=O) groups excluding carboxylic acids is 2. The smallest absolute Gasteiger partial charge is 0.315 e. The Bertz CT molecular complexity index is 267. The molecule has 2 amide bonds. The SMILES string of the molecule is CCCCC[C@@H](C)NC(=O)N[C@@H](C(=O)[O-])C(C)C. The van der Waals surface area contributed by atoms with E-state index in [4.69, 9.17) is 0 Å². The Kier molecular flexibility index (Phi) is 8.16. The highest BCUT2D eigenvalue weighted by Crippen LogP contribution is 2.03. The fourth-order valence-electron chi connectivity index (χ4n) is 1.68. The highest BCUT2D eigenvalue weighted by atomic mass is 16.4. The Balaban J connectivity index is 4.04. The Labute approximate surface area is 109 Å². The minimum Gasteiger partial charge on any atom is -0.548 e. The van der Waals surface area contributed by atoms with Gasteiger partial charge in [0, 0.05) is 6.04 Å². The normalized spacial score (nSPS) is 14.1. The van der Waals surface area contributed by atoms with Crippen LogP contribution in [0.4, 0.5) is 4.79 Å². The van der Waals surface area contributed by atoms with Crippen LogP contribution in [0.2, 0.25) is 0 Å². The highest BCUT2D eigenvalue weighted by Gasteiger charge is 2.17. The van der Waals surface area contributed by atoms with Crippen LogP contribution < -0.4 is 15.7 Å². The fourth-order valence-corrected chi connectivity index (χ4v) is 1.68. The van der Waals surface area contributed by atoms with Gasteiger partial charge >= 0.3 is 6.03 Å². The van der Waals surface area contributed by atoms with E-state index in [1.165, 1.54) is 0 Å². The van der Waals surface area contributed by atoms with Gasteiger partial charge in [-0.2, -0.15) is 0 Å². The molecule has 0 aliphatic heterocycles. The van der Waals surface area contributed by atoms with Gasteiger partial charge in [0.15, 0.2) is 0 Å². The molecule has 0 aliphatic carbocycles. The number of amides is 2. The third-order valence-corrected chi connectivity index (χ3v) is 2.83. The van der Waals surface area contributed by atoms with Gasteiger partial charge in [0.25, 0.3) is 0 Å². The zero-order valence-electron chi connectivity index (χ0n) is 11.8. The van der Waals surface area contributed by atoms with Gasteiger partial charge in [-0.15, -0.1) is 0 Å². The minimum absolute atomic E-state index is 0.0473. The molecule has 0 spiro atoms. The summed E-state index contributed by atoms with van der Waals surface area (Å²) in [5, 5.41) is 16.0. The van der Waals surface area contributed by atoms with E-state index < -0.39 is 18.0 Å². The number of aliphatic carboxylic acids is 1. The van der Waals surface area contributed by atoms with Gasteiger partial charge in [-0.05, 0) is 19.3 Å². The molecule has 0 saturated heterocycles. The standard InChI is InChI=1S/C13H26N2O3/c1-5-6-7-8-10(4)14-13(18)15-11(9(2)3)12(16)17/h9-11H,5-8H2,1-4H3,(H,16,17)(H2,14,15,18)/p-1/t10-,11-/m1/s1. The molecular weight excluding hydrogens is 232 g/mol. The summed E-state index contributed by atoms with van der Waals surface area (Å²) in [4.78, 5) is 22.4. The third-order valence-electron chi connectivity index (χ3n) is 2.83. The first-order chi connectivity index (χ1) is 8.38. The van der Waals surface area contributed by atoms with Gasteiger partial charge < -0.3 is 20.5 Å².